The van der Waals surface area contributed by atoms with E-state index < -0.39 is 10.8 Å². The number of hydrogen-bond donors (Lipinski definition) is 0. The number of carbonyl (C=O) groups is 1. The summed E-state index contributed by atoms with van der Waals surface area (Å²) in [6.07, 6.45) is -0.416. The standard InChI is InChI=1S/C39H26Br2O2/c40-29-21-27-28(22-30(29)41)36-34-33(35(27)43-36)38(25-17-9-3-10-18-25)31(23-13-5-1-6-14-23)32(24-15-7-2-8-16-24)39(34,37(38)42)26-19-11-4-12-20-26/h1-22,33-36H/t33-,34+,35-,36-,38-,39-/m0/s1. The Balaban J connectivity index is 1.49. The molecule has 0 unspecified atom stereocenters. The van der Waals surface area contributed by atoms with Crippen molar-refractivity contribution >= 4 is 48.8 Å². The van der Waals surface area contributed by atoms with Gasteiger partial charge in [-0.15, -0.1) is 0 Å². The molecule has 1 saturated heterocycles. The van der Waals surface area contributed by atoms with E-state index in [1.807, 2.05) is 12.1 Å². The van der Waals surface area contributed by atoms with E-state index in [9.17, 15) is 0 Å². The second-order valence-corrected chi connectivity index (χ2v) is 13.8. The van der Waals surface area contributed by atoms with Crippen LogP contribution in [0.5, 0.6) is 0 Å². The molecule has 0 N–H and O–H groups in total. The molecule has 5 aromatic rings. The van der Waals surface area contributed by atoms with E-state index in [1.165, 1.54) is 11.1 Å². The van der Waals surface area contributed by atoms with Gasteiger partial charge in [-0.1, -0.05) is 121 Å². The lowest BCUT2D eigenvalue weighted by Gasteiger charge is -2.45. The summed E-state index contributed by atoms with van der Waals surface area (Å²) in [5.41, 5.74) is 7.10. The van der Waals surface area contributed by atoms with Gasteiger partial charge in [0.2, 0.25) is 0 Å². The van der Waals surface area contributed by atoms with Gasteiger partial charge in [0, 0.05) is 20.8 Å². The quantitative estimate of drug-likeness (QED) is 0.188. The van der Waals surface area contributed by atoms with Gasteiger partial charge < -0.3 is 4.74 Å². The van der Waals surface area contributed by atoms with Crippen molar-refractivity contribution < 1.29 is 9.53 Å². The average Bonchev–Trinajstić information content (AvgIpc) is 3.75. The molecule has 0 radical (unpaired) electrons. The highest BCUT2D eigenvalue weighted by Gasteiger charge is 2.82. The second-order valence-electron chi connectivity index (χ2n) is 12.1. The Kier molecular flexibility index (Phi) is 5.55. The molecule has 0 aromatic heterocycles. The van der Waals surface area contributed by atoms with E-state index in [1.54, 1.807) is 0 Å². The lowest BCUT2D eigenvalue weighted by atomic mass is 9.54. The van der Waals surface area contributed by atoms with E-state index in [0.717, 1.165) is 42.3 Å². The van der Waals surface area contributed by atoms with E-state index >= 15 is 4.79 Å². The number of halogens is 2. The molecule has 6 atom stereocenters. The summed E-state index contributed by atoms with van der Waals surface area (Å²) in [6.45, 7) is 0. The van der Waals surface area contributed by atoms with Crippen molar-refractivity contribution in [1.82, 2.24) is 0 Å². The highest BCUT2D eigenvalue weighted by molar-refractivity contribution is 9.13. The molecule has 2 fully saturated rings. The minimum atomic E-state index is -0.898. The van der Waals surface area contributed by atoms with Crippen molar-refractivity contribution in [2.45, 2.75) is 23.0 Å². The van der Waals surface area contributed by atoms with Crippen molar-refractivity contribution in [3.05, 3.63) is 176 Å². The SMILES string of the molecule is O=C1[C@@]2(c3ccccc3)C(c3ccccc3)=C(c3ccccc3)[C@@]1(c1ccccc1)[C@H]1[C@@H]2[C@H]2O[C@H]1c1cc(Br)c(Br)cc12. The summed E-state index contributed by atoms with van der Waals surface area (Å²) in [4.78, 5) is 16.1. The number of ketones is 1. The van der Waals surface area contributed by atoms with Crippen LogP contribution in [-0.2, 0) is 20.4 Å². The molecule has 208 valence electrons. The molecule has 1 saturated carbocycles. The normalized spacial score (nSPS) is 29.7. The number of carbonyl (C=O) groups excluding carboxylic acids is 1. The number of fused-ring (bicyclic) bond motifs is 12. The zero-order chi connectivity index (χ0) is 28.9. The molecular weight excluding hydrogens is 660 g/mol. The van der Waals surface area contributed by atoms with Crippen LogP contribution in [0.3, 0.4) is 0 Å². The van der Waals surface area contributed by atoms with E-state index in [4.69, 9.17) is 4.74 Å². The molecule has 2 nitrogen and oxygen atoms in total. The third-order valence-electron chi connectivity index (χ3n) is 10.4. The Morgan fingerprint density at radius 3 is 1.23 bits per heavy atom. The predicted octanol–water partition coefficient (Wildman–Crippen LogP) is 9.65. The van der Waals surface area contributed by atoms with Crippen LogP contribution < -0.4 is 0 Å². The van der Waals surface area contributed by atoms with Crippen molar-refractivity contribution in [2.75, 3.05) is 0 Å². The summed E-state index contributed by atoms with van der Waals surface area (Å²) >= 11 is 7.52. The lowest BCUT2D eigenvalue weighted by Crippen LogP contribution is -2.42. The summed E-state index contributed by atoms with van der Waals surface area (Å²) < 4.78 is 9.10. The van der Waals surface area contributed by atoms with Crippen LogP contribution in [0.1, 0.15) is 45.6 Å². The Hall–Kier alpha value is -3.57. The van der Waals surface area contributed by atoms with E-state index in [-0.39, 0.29) is 29.8 Å². The largest absolute Gasteiger partial charge is 0.365 e. The first-order valence-electron chi connectivity index (χ1n) is 14.8. The van der Waals surface area contributed by atoms with Gasteiger partial charge in [-0.25, -0.2) is 0 Å². The Bertz CT molecular complexity index is 1810. The van der Waals surface area contributed by atoms with Crippen LogP contribution >= 0.6 is 31.9 Å². The van der Waals surface area contributed by atoms with Gasteiger partial charge in [-0.3, -0.25) is 4.79 Å². The molecule has 9 rings (SSSR count). The first kappa shape index (κ1) is 25.9. The Morgan fingerprint density at radius 2 is 0.860 bits per heavy atom. The zero-order valence-corrected chi connectivity index (χ0v) is 26.3. The number of benzene rings is 5. The monoisotopic (exact) mass is 684 g/mol. The molecule has 0 spiro atoms. The van der Waals surface area contributed by atoms with E-state index in [2.05, 4.69) is 153 Å². The van der Waals surface area contributed by atoms with Gasteiger partial charge in [-0.2, -0.15) is 0 Å². The van der Waals surface area contributed by atoms with Crippen LogP contribution in [0.2, 0.25) is 0 Å². The van der Waals surface area contributed by atoms with Crippen LogP contribution in [0.15, 0.2) is 142 Å². The highest BCUT2D eigenvalue weighted by Crippen LogP contribution is 2.81. The van der Waals surface area contributed by atoms with Crippen LogP contribution in [0, 0.1) is 11.8 Å². The fraction of sp³-hybridized carbons (Fsp3) is 0.154. The highest BCUT2D eigenvalue weighted by atomic mass is 79.9. The van der Waals surface area contributed by atoms with Crippen molar-refractivity contribution in [3.63, 3.8) is 0 Å². The number of rotatable bonds is 4. The molecule has 4 aliphatic rings. The smallest absolute Gasteiger partial charge is 0.163 e. The van der Waals surface area contributed by atoms with Crippen LogP contribution in [-0.4, -0.2) is 5.78 Å². The van der Waals surface area contributed by atoms with E-state index in [0.29, 0.717) is 0 Å². The molecule has 5 aromatic carbocycles. The van der Waals surface area contributed by atoms with Crippen molar-refractivity contribution in [1.29, 1.82) is 0 Å². The molecule has 4 heteroatoms. The van der Waals surface area contributed by atoms with Crippen molar-refractivity contribution in [3.8, 4) is 0 Å². The van der Waals surface area contributed by atoms with Gasteiger partial charge in [-0.05, 0) is 88.5 Å². The van der Waals surface area contributed by atoms with Gasteiger partial charge in [0.05, 0.1) is 23.0 Å². The first-order valence-corrected chi connectivity index (χ1v) is 16.3. The number of hydrogen-bond acceptors (Lipinski definition) is 2. The third-order valence-corrected chi connectivity index (χ3v) is 12.3. The van der Waals surface area contributed by atoms with Gasteiger partial charge in [0.15, 0.2) is 5.78 Å². The van der Waals surface area contributed by atoms with Crippen LogP contribution in [0.25, 0.3) is 11.1 Å². The predicted molar refractivity (Wildman–Crippen MR) is 176 cm³/mol. The topological polar surface area (TPSA) is 26.3 Å². The minimum absolute atomic E-state index is 0.0733. The van der Waals surface area contributed by atoms with Gasteiger partial charge in [0.1, 0.15) is 0 Å². The average molecular weight is 686 g/mol. The van der Waals surface area contributed by atoms with Crippen LogP contribution in [0.4, 0.5) is 0 Å². The molecule has 4 bridgehead atoms. The zero-order valence-electron chi connectivity index (χ0n) is 23.1. The fourth-order valence-corrected chi connectivity index (χ4v) is 9.88. The Morgan fingerprint density at radius 1 is 0.512 bits per heavy atom. The maximum absolute atomic E-state index is 16.1. The maximum Gasteiger partial charge on any atom is 0.163 e. The third kappa shape index (κ3) is 3.09. The second kappa shape index (κ2) is 9.22. The minimum Gasteiger partial charge on any atom is -0.365 e. The molecular formula is C39H26Br2O2. The summed E-state index contributed by atoms with van der Waals surface area (Å²) in [7, 11) is 0. The summed E-state index contributed by atoms with van der Waals surface area (Å²) in [5.74, 6) is 0.126. The lowest BCUT2D eigenvalue weighted by molar-refractivity contribution is -0.125. The Labute approximate surface area is 267 Å². The molecule has 43 heavy (non-hydrogen) atoms. The molecule has 0 amide bonds. The van der Waals surface area contributed by atoms with Crippen molar-refractivity contribution in [2.24, 2.45) is 11.8 Å². The fourth-order valence-electron chi connectivity index (χ4n) is 9.16. The van der Waals surface area contributed by atoms with Gasteiger partial charge in [0.25, 0.3) is 0 Å². The maximum atomic E-state index is 16.1. The first-order chi connectivity index (χ1) is 21.1. The number of ether oxygens (including phenoxy) is 1. The summed E-state index contributed by atoms with van der Waals surface area (Å²) in [5, 5.41) is 0. The number of Topliss-reactive ketones (excluding diaryl/α,β-unsaturated/α-hetero) is 1. The molecule has 2 aliphatic carbocycles. The molecule has 2 aliphatic heterocycles. The number of allylic oxidation sites excluding steroid dienone is 2. The molecule has 2 heterocycles. The van der Waals surface area contributed by atoms with Gasteiger partial charge >= 0.3 is 0 Å². The summed E-state index contributed by atoms with van der Waals surface area (Å²) in [6, 6.07) is 46.7.